The smallest absolute Gasteiger partial charge is 0.138 e. The molecule has 110 valence electrons. The first-order valence-corrected chi connectivity index (χ1v) is 7.91. The Hall–Kier alpha value is -1.27. The van der Waals surface area contributed by atoms with E-state index >= 15 is 0 Å². The van der Waals surface area contributed by atoms with Gasteiger partial charge in [-0.15, -0.1) is 11.3 Å². The third-order valence-electron chi connectivity index (χ3n) is 3.19. The third-order valence-corrected chi connectivity index (χ3v) is 4.02. The minimum Gasteiger partial charge on any atom is -0.316 e. The maximum atomic E-state index is 4.53. The van der Waals surface area contributed by atoms with Gasteiger partial charge < -0.3 is 5.32 Å². The average molecular weight is 293 g/mol. The van der Waals surface area contributed by atoms with E-state index in [4.69, 9.17) is 0 Å². The van der Waals surface area contributed by atoms with Gasteiger partial charge in [0.2, 0.25) is 0 Å². The van der Waals surface area contributed by atoms with Crippen molar-refractivity contribution in [1.29, 1.82) is 0 Å². The lowest BCUT2D eigenvalue weighted by molar-refractivity contribution is 0.446. The molecule has 0 saturated carbocycles. The van der Waals surface area contributed by atoms with Crippen molar-refractivity contribution in [3.8, 4) is 0 Å². The highest BCUT2D eigenvalue weighted by Crippen LogP contribution is 2.12. The van der Waals surface area contributed by atoms with Crippen molar-refractivity contribution in [2.24, 2.45) is 5.92 Å². The van der Waals surface area contributed by atoms with Crippen molar-refractivity contribution in [3.05, 3.63) is 28.2 Å². The number of thiazole rings is 1. The first-order valence-electron chi connectivity index (χ1n) is 7.03. The van der Waals surface area contributed by atoms with Crippen LogP contribution in [0.2, 0.25) is 0 Å². The highest BCUT2D eigenvalue weighted by atomic mass is 32.1. The Kier molecular flexibility index (Phi) is 5.25. The molecule has 0 aliphatic heterocycles. The molecule has 0 aliphatic carbocycles. The predicted octanol–water partition coefficient (Wildman–Crippen LogP) is 2.07. The molecule has 0 radical (unpaired) electrons. The summed E-state index contributed by atoms with van der Waals surface area (Å²) in [5, 5.41) is 10.9. The summed E-state index contributed by atoms with van der Waals surface area (Å²) < 4.78 is 2.02. The molecule has 2 aromatic rings. The van der Waals surface area contributed by atoms with Crippen LogP contribution in [0.25, 0.3) is 0 Å². The van der Waals surface area contributed by atoms with Crippen molar-refractivity contribution in [2.75, 3.05) is 7.05 Å². The third kappa shape index (κ3) is 4.11. The Morgan fingerprint density at radius 2 is 2.15 bits per heavy atom. The summed E-state index contributed by atoms with van der Waals surface area (Å²) in [6.07, 6.45) is 3.45. The van der Waals surface area contributed by atoms with Gasteiger partial charge in [-0.25, -0.2) is 14.6 Å². The average Bonchev–Trinajstić information content (AvgIpc) is 2.98. The molecular weight excluding hydrogens is 270 g/mol. The lowest BCUT2D eigenvalue weighted by atomic mass is 10.1. The lowest BCUT2D eigenvalue weighted by Gasteiger charge is -2.15. The summed E-state index contributed by atoms with van der Waals surface area (Å²) in [6, 6.07) is 0.339. The first kappa shape index (κ1) is 15.1. The molecule has 1 unspecified atom stereocenters. The summed E-state index contributed by atoms with van der Waals surface area (Å²) in [5.41, 5.74) is 1.15. The SMILES string of the molecule is CNC(Cc1csc(C)n1)Cc1ncnn1CC(C)C. The van der Waals surface area contributed by atoms with Crippen LogP contribution in [0, 0.1) is 12.8 Å². The number of nitrogens with one attached hydrogen (secondary N) is 1. The molecule has 6 heteroatoms. The maximum Gasteiger partial charge on any atom is 0.138 e. The summed E-state index contributed by atoms with van der Waals surface area (Å²) in [7, 11) is 1.99. The number of likely N-dealkylation sites (N-methyl/N-ethyl adjacent to an activating group) is 1. The van der Waals surface area contributed by atoms with Gasteiger partial charge in [-0.1, -0.05) is 13.8 Å². The maximum absolute atomic E-state index is 4.53. The summed E-state index contributed by atoms with van der Waals surface area (Å²) >= 11 is 1.70. The highest BCUT2D eigenvalue weighted by Gasteiger charge is 2.15. The molecule has 1 N–H and O–H groups in total. The van der Waals surface area contributed by atoms with Crippen molar-refractivity contribution >= 4 is 11.3 Å². The van der Waals surface area contributed by atoms with Gasteiger partial charge >= 0.3 is 0 Å². The van der Waals surface area contributed by atoms with Crippen LogP contribution in [0.1, 0.15) is 30.4 Å². The number of hydrogen-bond donors (Lipinski definition) is 1. The van der Waals surface area contributed by atoms with Crippen molar-refractivity contribution in [3.63, 3.8) is 0 Å². The Morgan fingerprint density at radius 1 is 1.35 bits per heavy atom. The van der Waals surface area contributed by atoms with E-state index in [0.717, 1.165) is 35.9 Å². The van der Waals surface area contributed by atoms with Gasteiger partial charge in [-0.2, -0.15) is 5.10 Å². The van der Waals surface area contributed by atoms with Crippen LogP contribution < -0.4 is 5.32 Å². The Balaban J connectivity index is 2.01. The minimum absolute atomic E-state index is 0.339. The normalized spacial score (nSPS) is 13.1. The van der Waals surface area contributed by atoms with Crippen LogP contribution in [-0.4, -0.2) is 32.8 Å². The zero-order chi connectivity index (χ0) is 14.5. The van der Waals surface area contributed by atoms with Gasteiger partial charge in [-0.05, 0) is 19.9 Å². The lowest BCUT2D eigenvalue weighted by Crippen LogP contribution is -2.31. The second kappa shape index (κ2) is 6.95. The molecule has 2 heterocycles. The largest absolute Gasteiger partial charge is 0.316 e. The Morgan fingerprint density at radius 3 is 2.75 bits per heavy atom. The number of hydrogen-bond acceptors (Lipinski definition) is 5. The molecule has 0 fully saturated rings. The van der Waals surface area contributed by atoms with Gasteiger partial charge in [0.25, 0.3) is 0 Å². The van der Waals surface area contributed by atoms with E-state index in [-0.39, 0.29) is 0 Å². The topological polar surface area (TPSA) is 55.6 Å². The molecule has 5 nitrogen and oxygen atoms in total. The molecule has 0 saturated heterocycles. The molecule has 0 amide bonds. The Bertz CT molecular complexity index is 531. The van der Waals surface area contributed by atoms with E-state index in [1.165, 1.54) is 0 Å². The second-order valence-electron chi connectivity index (χ2n) is 5.50. The second-order valence-corrected chi connectivity index (χ2v) is 6.57. The van der Waals surface area contributed by atoms with E-state index in [1.807, 2.05) is 18.7 Å². The number of nitrogens with zero attached hydrogens (tertiary/aromatic N) is 4. The fraction of sp³-hybridized carbons (Fsp3) is 0.643. The van der Waals surface area contributed by atoms with Crippen LogP contribution >= 0.6 is 11.3 Å². The van der Waals surface area contributed by atoms with Crippen molar-refractivity contribution < 1.29 is 0 Å². The predicted molar refractivity (Wildman–Crippen MR) is 82.0 cm³/mol. The summed E-state index contributed by atoms with van der Waals surface area (Å²) in [5.74, 6) is 1.62. The fourth-order valence-corrected chi connectivity index (χ4v) is 2.82. The molecule has 2 aromatic heterocycles. The van der Waals surface area contributed by atoms with Crippen LogP contribution in [0.15, 0.2) is 11.7 Å². The zero-order valence-electron chi connectivity index (χ0n) is 12.6. The van der Waals surface area contributed by atoms with Crippen molar-refractivity contribution in [2.45, 2.75) is 46.2 Å². The molecule has 0 spiro atoms. The molecule has 0 bridgehead atoms. The first-order chi connectivity index (χ1) is 9.58. The molecule has 20 heavy (non-hydrogen) atoms. The van der Waals surface area contributed by atoms with Crippen molar-refractivity contribution in [1.82, 2.24) is 25.1 Å². The van der Waals surface area contributed by atoms with E-state index in [9.17, 15) is 0 Å². The fourth-order valence-electron chi connectivity index (χ4n) is 2.20. The standard InChI is InChI=1S/C14H23N5S/c1-10(2)7-19-14(16-9-17-19)6-12(15-4)5-13-8-20-11(3)18-13/h8-10,12,15H,5-7H2,1-4H3. The van der Waals surface area contributed by atoms with E-state index in [2.05, 4.69) is 39.6 Å². The minimum atomic E-state index is 0.339. The van der Waals surface area contributed by atoms with Gasteiger partial charge in [0.1, 0.15) is 12.2 Å². The van der Waals surface area contributed by atoms with Crippen LogP contribution in [0.4, 0.5) is 0 Å². The van der Waals surface area contributed by atoms with Gasteiger partial charge in [0.15, 0.2) is 0 Å². The molecule has 0 aromatic carbocycles. The van der Waals surface area contributed by atoms with Gasteiger partial charge in [0, 0.05) is 30.8 Å². The summed E-state index contributed by atoms with van der Waals surface area (Å²) in [6.45, 7) is 7.35. The number of rotatable bonds is 7. The molecular formula is C14H23N5S. The number of aromatic nitrogens is 4. The molecule has 0 aliphatic rings. The van der Waals surface area contributed by atoms with Crippen LogP contribution in [0.5, 0.6) is 0 Å². The van der Waals surface area contributed by atoms with Crippen LogP contribution in [0.3, 0.4) is 0 Å². The highest BCUT2D eigenvalue weighted by molar-refractivity contribution is 7.09. The molecule has 2 rings (SSSR count). The van der Waals surface area contributed by atoms with Crippen LogP contribution in [-0.2, 0) is 19.4 Å². The van der Waals surface area contributed by atoms with E-state index in [0.29, 0.717) is 12.0 Å². The zero-order valence-corrected chi connectivity index (χ0v) is 13.4. The molecule has 1 atom stereocenters. The summed E-state index contributed by atoms with van der Waals surface area (Å²) in [4.78, 5) is 8.93. The van der Waals surface area contributed by atoms with E-state index in [1.54, 1.807) is 17.7 Å². The van der Waals surface area contributed by atoms with Gasteiger partial charge in [0.05, 0.1) is 10.7 Å². The number of aryl methyl sites for hydroxylation is 1. The van der Waals surface area contributed by atoms with E-state index < -0.39 is 0 Å². The monoisotopic (exact) mass is 293 g/mol. The quantitative estimate of drug-likeness (QED) is 0.849. The Labute approximate surface area is 124 Å². The van der Waals surface area contributed by atoms with Gasteiger partial charge in [-0.3, -0.25) is 0 Å².